The van der Waals surface area contributed by atoms with Crippen LogP contribution in [0.15, 0.2) is 18.2 Å². The van der Waals surface area contributed by atoms with Crippen LogP contribution >= 0.6 is 0 Å². The van der Waals surface area contributed by atoms with Crippen LogP contribution in [0.3, 0.4) is 0 Å². The lowest BCUT2D eigenvalue weighted by atomic mass is 10.1. The zero-order chi connectivity index (χ0) is 12.4. The second-order valence-corrected chi connectivity index (χ2v) is 5.43. The first-order valence-electron chi connectivity index (χ1n) is 4.99. The summed E-state index contributed by atoms with van der Waals surface area (Å²) in [4.78, 5) is 22.6. The van der Waals surface area contributed by atoms with Gasteiger partial charge in [-0.15, -0.1) is 0 Å². The van der Waals surface area contributed by atoms with E-state index in [1.165, 1.54) is 0 Å². The average molecular weight is 251 g/mol. The molecule has 17 heavy (non-hydrogen) atoms. The second kappa shape index (κ2) is 4.78. The van der Waals surface area contributed by atoms with Crippen molar-refractivity contribution in [1.29, 1.82) is 0 Å². The molecule has 0 saturated carbocycles. The van der Waals surface area contributed by atoms with Crippen molar-refractivity contribution in [3.63, 3.8) is 0 Å². The lowest BCUT2D eigenvalue weighted by Crippen LogP contribution is -2.22. The minimum Gasteiger partial charge on any atom is -0.397 e. The molecule has 6 heteroatoms. The molecular weight excluding hydrogens is 240 g/mol. The Balaban J connectivity index is 2.25. The van der Waals surface area contributed by atoms with Crippen LogP contribution in [0.2, 0.25) is 0 Å². The van der Waals surface area contributed by atoms with E-state index in [2.05, 4.69) is 4.74 Å². The van der Waals surface area contributed by atoms with E-state index in [1.54, 1.807) is 32.4 Å². The van der Waals surface area contributed by atoms with Crippen molar-refractivity contribution in [3.05, 3.63) is 34.9 Å². The summed E-state index contributed by atoms with van der Waals surface area (Å²) in [6.45, 7) is 0. The Hall–Kier alpha value is -1.50. The average Bonchev–Trinajstić information content (AvgIpc) is 2.62. The minimum absolute atomic E-state index is 0.320. The zero-order valence-corrected chi connectivity index (χ0v) is 10.5. The normalized spacial score (nSPS) is 14.1. The fraction of sp³-hybridized carbons (Fsp3) is 0.273. The number of carbonyl (C=O) groups is 2. The molecule has 1 aromatic carbocycles. The van der Waals surface area contributed by atoms with Gasteiger partial charge in [-0.25, -0.2) is 9.59 Å². The Bertz CT molecular complexity index is 467. The third-order valence-electron chi connectivity index (χ3n) is 2.51. The Morgan fingerprint density at radius 2 is 1.76 bits per heavy atom. The summed E-state index contributed by atoms with van der Waals surface area (Å²) in [6, 6.07) is 5.64. The van der Waals surface area contributed by atoms with Gasteiger partial charge in [0.2, 0.25) is 0 Å². The fourth-order valence-corrected chi connectivity index (χ4v) is 2.65. The molecule has 0 fully saturated rings. The molecule has 89 valence electrons. The molecule has 0 saturated heterocycles. The van der Waals surface area contributed by atoms with Crippen LogP contribution in [-0.2, 0) is 19.6 Å². The van der Waals surface area contributed by atoms with Gasteiger partial charge < -0.3 is 13.6 Å². The summed E-state index contributed by atoms with van der Waals surface area (Å²) >= 11 is 0. The van der Waals surface area contributed by atoms with Crippen LogP contribution < -0.4 is 0 Å². The SMILES string of the molecule is CO[Si](Cc1ccc2c(c1)C(=O)OC2=O)OC. The van der Waals surface area contributed by atoms with Crippen LogP contribution in [-0.4, -0.2) is 35.4 Å². The van der Waals surface area contributed by atoms with E-state index in [0.29, 0.717) is 17.2 Å². The molecule has 0 N–H and O–H groups in total. The lowest BCUT2D eigenvalue weighted by Gasteiger charge is -2.09. The summed E-state index contributed by atoms with van der Waals surface area (Å²) in [7, 11) is 1.81. The van der Waals surface area contributed by atoms with Crippen LogP contribution in [0.5, 0.6) is 0 Å². The molecular formula is C11H11O5Si. The second-order valence-electron chi connectivity index (χ2n) is 3.51. The van der Waals surface area contributed by atoms with Crippen molar-refractivity contribution in [2.75, 3.05) is 14.2 Å². The van der Waals surface area contributed by atoms with E-state index in [4.69, 9.17) is 8.85 Å². The Labute approximate surface area is 100 Å². The molecule has 1 aliphatic rings. The summed E-state index contributed by atoms with van der Waals surface area (Å²) in [5.74, 6) is -1.17. The van der Waals surface area contributed by atoms with Gasteiger partial charge in [0, 0.05) is 20.3 Å². The van der Waals surface area contributed by atoms with Crippen LogP contribution in [0.1, 0.15) is 26.3 Å². The van der Waals surface area contributed by atoms with E-state index < -0.39 is 21.2 Å². The Kier molecular flexibility index (Phi) is 3.37. The molecule has 0 spiro atoms. The highest BCUT2D eigenvalue weighted by Crippen LogP contribution is 2.21. The van der Waals surface area contributed by atoms with Crippen molar-refractivity contribution in [2.45, 2.75) is 6.04 Å². The molecule has 0 bridgehead atoms. The molecule has 2 rings (SSSR count). The van der Waals surface area contributed by atoms with E-state index in [-0.39, 0.29) is 0 Å². The molecule has 0 aliphatic carbocycles. The van der Waals surface area contributed by atoms with Gasteiger partial charge in [-0.05, 0) is 17.7 Å². The van der Waals surface area contributed by atoms with Gasteiger partial charge in [0.05, 0.1) is 11.1 Å². The molecule has 0 aromatic heterocycles. The maximum absolute atomic E-state index is 11.4. The largest absolute Gasteiger partial charge is 0.397 e. The summed E-state index contributed by atoms with van der Waals surface area (Å²) in [5.41, 5.74) is 1.54. The molecule has 1 heterocycles. The van der Waals surface area contributed by atoms with Gasteiger partial charge in [-0.3, -0.25) is 0 Å². The number of rotatable bonds is 4. The molecule has 0 atom stereocenters. The van der Waals surface area contributed by atoms with Crippen molar-refractivity contribution in [1.82, 2.24) is 0 Å². The van der Waals surface area contributed by atoms with Crippen LogP contribution in [0, 0.1) is 0 Å². The van der Waals surface area contributed by atoms with Crippen molar-refractivity contribution in [3.8, 4) is 0 Å². The number of hydrogen-bond donors (Lipinski definition) is 0. The van der Waals surface area contributed by atoms with E-state index >= 15 is 0 Å². The number of fused-ring (bicyclic) bond motifs is 1. The predicted molar refractivity (Wildman–Crippen MR) is 59.7 cm³/mol. The van der Waals surface area contributed by atoms with Gasteiger partial charge in [-0.2, -0.15) is 0 Å². The summed E-state index contributed by atoms with van der Waals surface area (Å²) in [5, 5.41) is 0. The lowest BCUT2D eigenvalue weighted by molar-refractivity contribution is 0.0443. The zero-order valence-electron chi connectivity index (χ0n) is 9.48. The number of hydrogen-bond acceptors (Lipinski definition) is 5. The number of cyclic esters (lactones) is 2. The summed E-state index contributed by atoms with van der Waals surface area (Å²) in [6.07, 6.45) is 0. The number of benzene rings is 1. The standard InChI is InChI=1S/C11H11O5Si/c1-14-17(15-2)6-7-3-4-8-9(5-7)11(13)16-10(8)12/h3-5H,6H2,1-2H3. The Morgan fingerprint density at radius 3 is 2.41 bits per heavy atom. The number of carbonyl (C=O) groups excluding carboxylic acids is 2. The first kappa shape index (κ1) is 12.0. The minimum atomic E-state index is -1.36. The fourth-order valence-electron chi connectivity index (χ4n) is 1.64. The highest BCUT2D eigenvalue weighted by atomic mass is 28.3. The third-order valence-corrected chi connectivity index (χ3v) is 4.12. The van der Waals surface area contributed by atoms with Crippen molar-refractivity contribution in [2.24, 2.45) is 0 Å². The van der Waals surface area contributed by atoms with Gasteiger partial charge in [-0.1, -0.05) is 6.07 Å². The molecule has 1 radical (unpaired) electrons. The maximum Gasteiger partial charge on any atom is 0.388 e. The first-order chi connectivity index (χ1) is 8.15. The first-order valence-corrected chi connectivity index (χ1v) is 6.51. The van der Waals surface area contributed by atoms with Gasteiger partial charge in [0.25, 0.3) is 0 Å². The van der Waals surface area contributed by atoms with Crippen LogP contribution in [0.25, 0.3) is 0 Å². The molecule has 1 aromatic rings. The van der Waals surface area contributed by atoms with Crippen molar-refractivity contribution >= 4 is 21.2 Å². The van der Waals surface area contributed by atoms with E-state index in [1.807, 2.05) is 0 Å². The van der Waals surface area contributed by atoms with Crippen molar-refractivity contribution < 1.29 is 23.2 Å². The molecule has 1 aliphatic heterocycles. The van der Waals surface area contributed by atoms with E-state index in [9.17, 15) is 9.59 Å². The molecule has 5 nitrogen and oxygen atoms in total. The smallest absolute Gasteiger partial charge is 0.388 e. The number of esters is 2. The van der Waals surface area contributed by atoms with Gasteiger partial charge >= 0.3 is 21.2 Å². The summed E-state index contributed by atoms with van der Waals surface area (Å²) < 4.78 is 14.8. The topological polar surface area (TPSA) is 61.8 Å². The van der Waals surface area contributed by atoms with Crippen LogP contribution in [0.4, 0.5) is 0 Å². The quantitative estimate of drug-likeness (QED) is 0.451. The molecule has 0 unspecified atom stereocenters. The maximum atomic E-state index is 11.4. The highest BCUT2D eigenvalue weighted by molar-refractivity contribution is 6.43. The van der Waals surface area contributed by atoms with Gasteiger partial charge in [0.1, 0.15) is 0 Å². The monoisotopic (exact) mass is 251 g/mol. The Morgan fingerprint density at radius 1 is 1.12 bits per heavy atom. The third kappa shape index (κ3) is 2.28. The predicted octanol–water partition coefficient (Wildman–Crippen LogP) is 0.860. The van der Waals surface area contributed by atoms with E-state index in [0.717, 1.165) is 5.56 Å². The highest BCUT2D eigenvalue weighted by Gasteiger charge is 2.30. The molecule has 0 amide bonds. The number of ether oxygens (including phenoxy) is 1. The van der Waals surface area contributed by atoms with Gasteiger partial charge in [0.15, 0.2) is 0 Å².